The van der Waals surface area contributed by atoms with Crippen molar-refractivity contribution in [1.82, 2.24) is 15.1 Å². The van der Waals surface area contributed by atoms with Crippen LogP contribution in [0.4, 0.5) is 5.69 Å². The number of nitrogens with one attached hydrogen (secondary N) is 1. The third-order valence-corrected chi connectivity index (χ3v) is 6.24. The van der Waals surface area contributed by atoms with Crippen LogP contribution in [-0.4, -0.2) is 74.0 Å². The highest BCUT2D eigenvalue weighted by Gasteiger charge is 2.32. The molecule has 0 saturated carbocycles. The molecular weight excluding hydrogens is 374 g/mol. The van der Waals surface area contributed by atoms with E-state index in [-0.39, 0.29) is 0 Å². The van der Waals surface area contributed by atoms with Crippen LogP contribution < -0.4 is 10.2 Å². The van der Waals surface area contributed by atoms with Gasteiger partial charge in [0.15, 0.2) is 5.96 Å². The molecule has 1 atom stereocenters. The lowest BCUT2D eigenvalue weighted by Gasteiger charge is -2.24. The van der Waals surface area contributed by atoms with Crippen molar-refractivity contribution in [2.24, 2.45) is 4.99 Å². The van der Waals surface area contributed by atoms with Crippen LogP contribution in [0.25, 0.3) is 0 Å². The van der Waals surface area contributed by atoms with Gasteiger partial charge in [0.1, 0.15) is 0 Å². The number of hydrogen-bond acceptors (Lipinski definition) is 3. The second kappa shape index (κ2) is 11.3. The Morgan fingerprint density at radius 2 is 2.07 bits per heavy atom. The molecule has 2 heterocycles. The number of carbonyl (C=O) groups is 1. The van der Waals surface area contributed by atoms with Crippen LogP contribution in [0, 0.1) is 0 Å². The molecule has 0 aromatic heterocycles. The van der Waals surface area contributed by atoms with Crippen LogP contribution in [0.15, 0.2) is 29.3 Å². The molecule has 0 aliphatic carbocycles. The number of anilines is 1. The van der Waals surface area contributed by atoms with Gasteiger partial charge in [-0.3, -0.25) is 9.79 Å². The van der Waals surface area contributed by atoms with E-state index in [0.29, 0.717) is 11.8 Å². The third kappa shape index (κ3) is 5.54. The van der Waals surface area contributed by atoms with Crippen LogP contribution >= 0.6 is 0 Å². The van der Waals surface area contributed by atoms with Gasteiger partial charge in [-0.25, -0.2) is 0 Å². The van der Waals surface area contributed by atoms with Crippen LogP contribution in [0.5, 0.6) is 0 Å². The topological polar surface area (TPSA) is 51.2 Å². The maximum Gasteiger partial charge on any atom is 0.222 e. The molecule has 1 unspecified atom stereocenters. The van der Waals surface area contributed by atoms with Gasteiger partial charge in [-0.05, 0) is 50.9 Å². The number of guanidine groups is 1. The zero-order valence-electron chi connectivity index (χ0n) is 19.1. The van der Waals surface area contributed by atoms with Gasteiger partial charge in [0.2, 0.25) is 5.91 Å². The normalized spacial score (nSPS) is 19.1. The van der Waals surface area contributed by atoms with Crippen LogP contribution in [0.2, 0.25) is 0 Å². The van der Waals surface area contributed by atoms with E-state index in [2.05, 4.69) is 60.2 Å². The first-order valence-corrected chi connectivity index (χ1v) is 11.8. The van der Waals surface area contributed by atoms with Crippen LogP contribution in [0.3, 0.4) is 0 Å². The van der Waals surface area contributed by atoms with E-state index < -0.39 is 0 Å². The number of aliphatic imine (C=N–C) groups is 1. The summed E-state index contributed by atoms with van der Waals surface area (Å²) in [4.78, 5) is 23.8. The van der Waals surface area contributed by atoms with E-state index in [0.717, 1.165) is 77.6 Å². The molecule has 6 heteroatoms. The minimum atomic E-state index is 0.320. The molecule has 1 saturated heterocycles. The highest BCUT2D eigenvalue weighted by molar-refractivity contribution is 5.98. The summed E-state index contributed by atoms with van der Waals surface area (Å²) in [7, 11) is 0. The van der Waals surface area contributed by atoms with Gasteiger partial charge in [-0.1, -0.05) is 32.0 Å². The first-order valence-electron chi connectivity index (χ1n) is 11.8. The van der Waals surface area contributed by atoms with Gasteiger partial charge in [-0.2, -0.15) is 0 Å². The molecule has 1 aromatic rings. The number of likely N-dealkylation sites (N-methyl/N-ethyl adjacent to an activating group) is 1. The van der Waals surface area contributed by atoms with Crippen molar-refractivity contribution >= 4 is 17.6 Å². The van der Waals surface area contributed by atoms with E-state index in [1.54, 1.807) is 0 Å². The zero-order chi connectivity index (χ0) is 21.3. The molecule has 30 heavy (non-hydrogen) atoms. The summed E-state index contributed by atoms with van der Waals surface area (Å²) in [6, 6.07) is 8.69. The van der Waals surface area contributed by atoms with Crippen molar-refractivity contribution in [3.8, 4) is 0 Å². The second-order valence-electron chi connectivity index (χ2n) is 8.31. The molecule has 3 rings (SSSR count). The number of likely N-dealkylation sites (tertiary alicyclic amines) is 1. The van der Waals surface area contributed by atoms with E-state index in [4.69, 9.17) is 4.99 Å². The lowest BCUT2D eigenvalue weighted by molar-refractivity contribution is -0.127. The molecule has 2 aliphatic heterocycles. The first-order chi connectivity index (χ1) is 14.7. The quantitative estimate of drug-likeness (QED) is 0.472. The molecule has 0 spiro atoms. The Hall–Kier alpha value is -2.08. The fourth-order valence-electron chi connectivity index (χ4n) is 4.63. The number of nitrogens with zero attached hydrogens (tertiary/aromatic N) is 4. The number of amides is 1. The summed E-state index contributed by atoms with van der Waals surface area (Å²) in [6.07, 6.45) is 3.92. The third-order valence-electron chi connectivity index (χ3n) is 6.24. The molecular formula is C24H39N5O. The molecule has 1 amide bonds. The maximum atomic E-state index is 12.0. The SMILES string of the molecule is CCCN(CC)CCN=C(NCC)N1CC(CCN2CCCC2=O)c2ccccc21. The highest BCUT2D eigenvalue weighted by atomic mass is 16.2. The molecule has 1 fully saturated rings. The van der Waals surface area contributed by atoms with Gasteiger partial charge in [-0.15, -0.1) is 0 Å². The van der Waals surface area contributed by atoms with Crippen LogP contribution in [0.1, 0.15) is 57.9 Å². The summed E-state index contributed by atoms with van der Waals surface area (Å²) >= 11 is 0. The van der Waals surface area contributed by atoms with Gasteiger partial charge >= 0.3 is 0 Å². The number of fused-ring (bicyclic) bond motifs is 1. The Labute approximate surface area is 182 Å². The first kappa shape index (κ1) is 22.6. The van der Waals surface area contributed by atoms with Gasteiger partial charge in [0.05, 0.1) is 6.54 Å². The molecule has 1 aromatic carbocycles. The monoisotopic (exact) mass is 413 g/mol. The smallest absolute Gasteiger partial charge is 0.222 e. The average Bonchev–Trinajstić information content (AvgIpc) is 3.34. The summed E-state index contributed by atoms with van der Waals surface area (Å²) in [6.45, 7) is 14.2. The Bertz CT molecular complexity index is 719. The van der Waals surface area contributed by atoms with E-state index in [9.17, 15) is 4.79 Å². The standard InChI is InChI=1S/C24H39N5O/c1-4-15-27(6-3)18-14-26-24(25-5-2)29-19-20(21-10-7-8-11-22(21)29)13-17-28-16-9-12-23(28)30/h7-8,10-11,20H,4-6,9,12-19H2,1-3H3,(H,25,26). The Morgan fingerprint density at radius 3 is 2.77 bits per heavy atom. The molecule has 2 aliphatic rings. The number of carbonyl (C=O) groups excluding carboxylic acids is 1. The Morgan fingerprint density at radius 1 is 1.23 bits per heavy atom. The highest BCUT2D eigenvalue weighted by Crippen LogP contribution is 2.38. The zero-order valence-corrected chi connectivity index (χ0v) is 19.1. The summed E-state index contributed by atoms with van der Waals surface area (Å²) in [5.74, 6) is 1.74. The summed E-state index contributed by atoms with van der Waals surface area (Å²) in [5.41, 5.74) is 2.65. The predicted octanol–water partition coefficient (Wildman–Crippen LogP) is 3.30. The van der Waals surface area contributed by atoms with Crippen molar-refractivity contribution in [3.63, 3.8) is 0 Å². The lowest BCUT2D eigenvalue weighted by atomic mass is 9.98. The molecule has 0 bridgehead atoms. The Kier molecular flexibility index (Phi) is 8.55. The van der Waals surface area contributed by atoms with Gasteiger partial charge in [0.25, 0.3) is 0 Å². The lowest BCUT2D eigenvalue weighted by Crippen LogP contribution is -2.41. The average molecular weight is 414 g/mol. The Balaban J connectivity index is 1.69. The number of hydrogen-bond donors (Lipinski definition) is 1. The van der Waals surface area contributed by atoms with Gasteiger partial charge in [0, 0.05) is 50.7 Å². The molecule has 6 nitrogen and oxygen atoms in total. The van der Waals surface area contributed by atoms with Crippen molar-refractivity contribution in [1.29, 1.82) is 0 Å². The van der Waals surface area contributed by atoms with Crippen molar-refractivity contribution in [2.45, 2.75) is 52.4 Å². The largest absolute Gasteiger partial charge is 0.356 e. The molecule has 1 N–H and O–H groups in total. The maximum absolute atomic E-state index is 12.0. The van der Waals surface area contributed by atoms with Crippen molar-refractivity contribution in [2.75, 3.05) is 57.3 Å². The van der Waals surface area contributed by atoms with Crippen molar-refractivity contribution in [3.05, 3.63) is 29.8 Å². The van der Waals surface area contributed by atoms with E-state index in [1.807, 2.05) is 4.90 Å². The summed E-state index contributed by atoms with van der Waals surface area (Å²) < 4.78 is 0. The number of rotatable bonds is 10. The molecule has 166 valence electrons. The number of benzene rings is 1. The minimum Gasteiger partial charge on any atom is -0.356 e. The predicted molar refractivity (Wildman–Crippen MR) is 125 cm³/mol. The molecule has 0 radical (unpaired) electrons. The number of para-hydroxylation sites is 1. The second-order valence-corrected chi connectivity index (χ2v) is 8.31. The van der Waals surface area contributed by atoms with Gasteiger partial charge < -0.3 is 20.0 Å². The van der Waals surface area contributed by atoms with E-state index in [1.165, 1.54) is 17.7 Å². The summed E-state index contributed by atoms with van der Waals surface area (Å²) in [5, 5.41) is 3.51. The fraction of sp³-hybridized carbons (Fsp3) is 0.667. The fourth-order valence-corrected chi connectivity index (χ4v) is 4.63. The van der Waals surface area contributed by atoms with Crippen molar-refractivity contribution < 1.29 is 4.79 Å². The van der Waals surface area contributed by atoms with E-state index >= 15 is 0 Å². The van der Waals surface area contributed by atoms with Crippen LogP contribution in [-0.2, 0) is 4.79 Å². The minimum absolute atomic E-state index is 0.320.